The van der Waals surface area contributed by atoms with Crippen molar-refractivity contribution in [1.82, 2.24) is 29.4 Å². The first-order chi connectivity index (χ1) is 20.2. The summed E-state index contributed by atoms with van der Waals surface area (Å²) in [4.78, 5) is 36.9. The van der Waals surface area contributed by atoms with Crippen LogP contribution in [0.4, 0.5) is 10.6 Å². The van der Waals surface area contributed by atoms with E-state index in [2.05, 4.69) is 53.2 Å². The highest BCUT2D eigenvalue weighted by atomic mass is 16.8. The van der Waals surface area contributed by atoms with E-state index < -0.39 is 42.4 Å². The van der Waals surface area contributed by atoms with Crippen molar-refractivity contribution in [2.45, 2.75) is 50.6 Å². The number of benzene rings is 1. The number of esters is 1. The number of hydrogen-bond donors (Lipinski definition) is 2. The molecule has 2 N–H and O–H groups in total. The fourth-order valence-electron chi connectivity index (χ4n) is 5.55. The lowest BCUT2D eigenvalue weighted by atomic mass is 10.1. The van der Waals surface area contributed by atoms with E-state index in [0.29, 0.717) is 23.5 Å². The second-order valence-corrected chi connectivity index (χ2v) is 10.7. The summed E-state index contributed by atoms with van der Waals surface area (Å²) >= 11 is 0. The van der Waals surface area contributed by atoms with Gasteiger partial charge in [-0.3, -0.25) is 9.36 Å². The number of amides is 1. The van der Waals surface area contributed by atoms with Gasteiger partial charge in [-0.1, -0.05) is 18.2 Å². The van der Waals surface area contributed by atoms with Crippen LogP contribution in [0.1, 0.15) is 25.6 Å². The maximum absolute atomic E-state index is 12.1. The Balaban J connectivity index is 1.16. The molecule has 42 heavy (non-hydrogen) atoms. The largest absolute Gasteiger partial charge is 0.468 e. The van der Waals surface area contributed by atoms with Crippen molar-refractivity contribution in [2.75, 3.05) is 32.1 Å². The lowest BCUT2D eigenvalue weighted by molar-refractivity contribution is -0.199. The van der Waals surface area contributed by atoms with Crippen LogP contribution in [0.2, 0.25) is 0 Å². The van der Waals surface area contributed by atoms with Gasteiger partial charge in [0.2, 0.25) is 0 Å². The van der Waals surface area contributed by atoms with Crippen LogP contribution in [0.5, 0.6) is 0 Å². The third-order valence-electron chi connectivity index (χ3n) is 7.41. The molecule has 2 aliphatic rings. The lowest BCUT2D eigenvalue weighted by Gasteiger charge is -2.24. The van der Waals surface area contributed by atoms with Gasteiger partial charge in [-0.25, -0.2) is 19.7 Å². The summed E-state index contributed by atoms with van der Waals surface area (Å²) < 4.78 is 32.3. The molecule has 0 spiro atoms. The van der Waals surface area contributed by atoms with E-state index in [1.165, 1.54) is 29.9 Å². The van der Waals surface area contributed by atoms with Crippen LogP contribution >= 0.6 is 0 Å². The van der Waals surface area contributed by atoms with E-state index in [-0.39, 0.29) is 13.2 Å². The van der Waals surface area contributed by atoms with Crippen LogP contribution in [-0.4, -0.2) is 87.1 Å². The highest BCUT2D eigenvalue weighted by molar-refractivity contribution is 5.84. The van der Waals surface area contributed by atoms with Gasteiger partial charge in [0.1, 0.15) is 37.8 Å². The van der Waals surface area contributed by atoms with E-state index in [1.54, 1.807) is 10.9 Å². The van der Waals surface area contributed by atoms with Gasteiger partial charge >= 0.3 is 12.1 Å². The Hall–Kier alpha value is -4.27. The summed E-state index contributed by atoms with van der Waals surface area (Å²) in [6.07, 6.45) is 2.99. The second kappa shape index (κ2) is 11.2. The number of carbonyl (C=O) groups excluding carboxylic acids is 2. The quantitative estimate of drug-likeness (QED) is 0.281. The van der Waals surface area contributed by atoms with Crippen molar-refractivity contribution in [2.24, 2.45) is 7.05 Å². The highest BCUT2D eigenvalue weighted by Gasteiger charge is 2.56. The van der Waals surface area contributed by atoms with Crippen molar-refractivity contribution >= 4 is 39.9 Å². The number of hydrogen-bond acceptors (Lipinski definition) is 11. The Morgan fingerprint density at radius 1 is 1.12 bits per heavy atom. The Bertz CT molecular complexity index is 1620. The minimum atomic E-state index is -0.873. The van der Waals surface area contributed by atoms with Crippen LogP contribution in [-0.2, 0) is 41.9 Å². The van der Waals surface area contributed by atoms with E-state index in [1.807, 2.05) is 33.0 Å². The molecular formula is C28H33N7O7. The summed E-state index contributed by atoms with van der Waals surface area (Å²) in [5.74, 6) is -0.850. The average molecular weight is 580 g/mol. The first-order valence-electron chi connectivity index (χ1n) is 13.7. The number of methoxy groups -OCH3 is 1. The lowest BCUT2D eigenvalue weighted by Crippen LogP contribution is -2.37. The number of aryl methyl sites for hydroxylation is 1. The van der Waals surface area contributed by atoms with Crippen molar-refractivity contribution in [3.8, 4) is 0 Å². The zero-order valence-corrected chi connectivity index (χ0v) is 23.8. The molecule has 4 atom stereocenters. The van der Waals surface area contributed by atoms with Gasteiger partial charge in [-0.05, 0) is 31.9 Å². The zero-order valence-electron chi connectivity index (χ0n) is 23.8. The van der Waals surface area contributed by atoms with E-state index in [9.17, 15) is 9.59 Å². The molecule has 5 heterocycles. The zero-order chi connectivity index (χ0) is 29.4. The highest BCUT2D eigenvalue weighted by Crippen LogP contribution is 2.44. The predicted molar refractivity (Wildman–Crippen MR) is 150 cm³/mol. The third kappa shape index (κ3) is 5.35. The Kier molecular flexibility index (Phi) is 7.43. The molecule has 0 bridgehead atoms. The fraction of sp³-hybridized carbons (Fsp3) is 0.464. The van der Waals surface area contributed by atoms with Gasteiger partial charge in [0, 0.05) is 30.7 Å². The summed E-state index contributed by atoms with van der Waals surface area (Å²) in [5, 5.41) is 6.97. The van der Waals surface area contributed by atoms with Gasteiger partial charge in [0.25, 0.3) is 0 Å². The second-order valence-electron chi connectivity index (χ2n) is 10.7. The summed E-state index contributed by atoms with van der Waals surface area (Å²) in [7, 11) is 3.28. The number of anilines is 1. The summed E-state index contributed by atoms with van der Waals surface area (Å²) in [5.41, 5.74) is 3.59. The first kappa shape index (κ1) is 27.9. The number of nitrogens with one attached hydrogen (secondary N) is 2. The molecule has 4 aromatic rings. The molecule has 0 radical (unpaired) electrons. The molecule has 1 amide bonds. The average Bonchev–Trinajstić information content (AvgIpc) is 3.71. The van der Waals surface area contributed by atoms with Gasteiger partial charge in [0.15, 0.2) is 29.0 Å². The number of nitrogens with zero attached hydrogens (tertiary/aromatic N) is 5. The molecule has 2 fully saturated rings. The van der Waals surface area contributed by atoms with Crippen molar-refractivity contribution < 1.29 is 33.3 Å². The van der Waals surface area contributed by atoms with Crippen molar-refractivity contribution in [3.63, 3.8) is 0 Å². The number of aromatic nitrogens is 5. The number of ether oxygens (including phenoxy) is 5. The predicted octanol–water partition coefficient (Wildman–Crippen LogP) is 2.29. The molecule has 14 heteroatoms. The van der Waals surface area contributed by atoms with Crippen LogP contribution in [0.25, 0.3) is 22.1 Å². The monoisotopic (exact) mass is 579 g/mol. The number of carbonyl (C=O) groups is 2. The minimum absolute atomic E-state index is 0.118. The topological polar surface area (TPSA) is 153 Å². The maximum atomic E-state index is 12.1. The van der Waals surface area contributed by atoms with E-state index in [4.69, 9.17) is 18.9 Å². The molecule has 14 nitrogen and oxygen atoms in total. The fourth-order valence-corrected chi connectivity index (χ4v) is 5.55. The smallest absolute Gasteiger partial charge is 0.407 e. The standard InChI is InChI=1S/C28H33N7O7/c1-28(2)41-22-19(13-39-27(37)30-11-20(36)38-4)40-26(23(22)42-28)35-15-33-21-24(31-14-32-25(21)35)29-10-9-16-12-34(3)18-8-6-5-7-17(16)18/h5-8,12,14-15,19,22-23,26H,9-11,13H2,1-4H3,(H,30,37)(H,29,31,32)/t19-,22?,23?,26-/m1/s1. The van der Waals surface area contributed by atoms with Crippen LogP contribution < -0.4 is 10.6 Å². The molecular weight excluding hydrogens is 546 g/mol. The van der Waals surface area contributed by atoms with Crippen LogP contribution in [0.3, 0.4) is 0 Å². The van der Waals surface area contributed by atoms with Crippen LogP contribution in [0.15, 0.2) is 43.1 Å². The van der Waals surface area contributed by atoms with Crippen molar-refractivity contribution in [3.05, 3.63) is 48.7 Å². The first-order valence-corrected chi connectivity index (χ1v) is 13.7. The normalized spacial score (nSPS) is 22.8. The van der Waals surface area contributed by atoms with Crippen molar-refractivity contribution in [1.29, 1.82) is 0 Å². The minimum Gasteiger partial charge on any atom is -0.468 e. The SMILES string of the molecule is COC(=O)CNC(=O)OC[C@H]1O[C@@H](n2cnc3c(NCCc4cn(C)c5ccccc45)ncnc32)C2OC(C)(C)OC21. The molecule has 3 aromatic heterocycles. The Morgan fingerprint density at radius 2 is 1.93 bits per heavy atom. The molecule has 222 valence electrons. The van der Waals surface area contributed by atoms with Gasteiger partial charge in [0.05, 0.1) is 13.4 Å². The molecule has 6 rings (SSSR count). The maximum Gasteiger partial charge on any atom is 0.407 e. The number of para-hydroxylation sites is 1. The number of imidazole rings is 1. The molecule has 1 aromatic carbocycles. The Labute approximate surface area is 241 Å². The van der Waals surface area contributed by atoms with Gasteiger partial charge < -0.3 is 38.9 Å². The summed E-state index contributed by atoms with van der Waals surface area (Å²) in [6.45, 7) is 3.86. The molecule has 2 saturated heterocycles. The summed E-state index contributed by atoms with van der Waals surface area (Å²) in [6, 6.07) is 8.33. The molecule has 0 saturated carbocycles. The van der Waals surface area contributed by atoms with Gasteiger partial charge in [-0.15, -0.1) is 0 Å². The number of fused-ring (bicyclic) bond motifs is 3. The Morgan fingerprint density at radius 3 is 2.76 bits per heavy atom. The van der Waals surface area contributed by atoms with Gasteiger partial charge in [-0.2, -0.15) is 0 Å². The third-order valence-corrected chi connectivity index (χ3v) is 7.41. The molecule has 2 aliphatic heterocycles. The van der Waals surface area contributed by atoms with E-state index in [0.717, 1.165) is 6.42 Å². The van der Waals surface area contributed by atoms with E-state index >= 15 is 0 Å². The van der Waals surface area contributed by atoms with Crippen LogP contribution in [0, 0.1) is 0 Å². The molecule has 2 unspecified atom stereocenters. The molecule has 0 aliphatic carbocycles. The number of alkyl carbamates (subject to hydrolysis) is 1. The number of rotatable bonds is 9.